The van der Waals surface area contributed by atoms with Crippen LogP contribution in [0, 0.1) is 11.3 Å². The molecule has 0 spiro atoms. The summed E-state index contributed by atoms with van der Waals surface area (Å²) in [6.07, 6.45) is 1.27. The van der Waals surface area contributed by atoms with E-state index in [0.717, 1.165) is 0 Å². The molecular weight excluding hydrogens is 222 g/mol. The molecule has 0 aliphatic carbocycles. The van der Waals surface area contributed by atoms with Crippen molar-refractivity contribution in [2.24, 2.45) is 0 Å². The zero-order valence-electron chi connectivity index (χ0n) is 8.53. The normalized spacial score (nSPS) is 9.82. The first kappa shape index (κ1) is 10.6. The molecule has 0 aliphatic heterocycles. The van der Waals surface area contributed by atoms with Gasteiger partial charge in [-0.1, -0.05) is 0 Å². The molecule has 2 rings (SSSR count). The van der Waals surface area contributed by atoms with E-state index in [0.29, 0.717) is 11.4 Å². The summed E-state index contributed by atoms with van der Waals surface area (Å²) in [7, 11) is 0. The van der Waals surface area contributed by atoms with Gasteiger partial charge in [-0.15, -0.1) is 5.10 Å². The maximum Gasteiger partial charge on any atom is 0.337 e. The number of nitriles is 1. The van der Waals surface area contributed by atoms with Gasteiger partial charge in [0.05, 0.1) is 11.3 Å². The molecular formula is C10H7N5O2. The van der Waals surface area contributed by atoms with Crippen LogP contribution in [-0.4, -0.2) is 25.8 Å². The van der Waals surface area contributed by atoms with Gasteiger partial charge in [0, 0.05) is 5.69 Å². The smallest absolute Gasteiger partial charge is 0.337 e. The van der Waals surface area contributed by atoms with E-state index in [2.05, 4.69) is 10.1 Å². The van der Waals surface area contributed by atoms with E-state index in [1.165, 1.54) is 23.1 Å². The predicted octanol–water partition coefficient (Wildman–Crippen LogP) is 0.419. The average molecular weight is 229 g/mol. The lowest BCUT2D eigenvalue weighted by atomic mass is 10.1. The third-order valence-electron chi connectivity index (χ3n) is 2.09. The molecule has 0 atom stereocenters. The van der Waals surface area contributed by atoms with Crippen molar-refractivity contribution in [3.05, 3.63) is 35.9 Å². The molecule has 0 radical (unpaired) electrons. The summed E-state index contributed by atoms with van der Waals surface area (Å²) in [6.45, 7) is 0. The van der Waals surface area contributed by atoms with Crippen molar-refractivity contribution in [1.29, 1.82) is 5.26 Å². The minimum Gasteiger partial charge on any atom is -0.478 e. The molecule has 0 unspecified atom stereocenters. The standard InChI is InChI=1S/C10H7N5O2/c11-4-9-13-5-15(14-9)8-2-1-6(12)3-7(8)10(16)17/h1-3,5H,12H2,(H,16,17). The molecule has 7 nitrogen and oxygen atoms in total. The van der Waals surface area contributed by atoms with Crippen molar-refractivity contribution < 1.29 is 9.90 Å². The van der Waals surface area contributed by atoms with Crippen LogP contribution >= 0.6 is 0 Å². The van der Waals surface area contributed by atoms with Gasteiger partial charge in [0.2, 0.25) is 0 Å². The summed E-state index contributed by atoms with van der Waals surface area (Å²) >= 11 is 0. The number of rotatable bonds is 2. The number of anilines is 1. The van der Waals surface area contributed by atoms with Crippen LogP contribution in [-0.2, 0) is 0 Å². The first-order valence-corrected chi connectivity index (χ1v) is 4.57. The summed E-state index contributed by atoms with van der Waals surface area (Å²) < 4.78 is 1.22. The van der Waals surface area contributed by atoms with Crippen LogP contribution in [0.2, 0.25) is 0 Å². The first-order chi connectivity index (χ1) is 8.11. The maximum absolute atomic E-state index is 11.0. The lowest BCUT2D eigenvalue weighted by Crippen LogP contribution is -2.07. The highest BCUT2D eigenvalue weighted by Crippen LogP contribution is 2.17. The van der Waals surface area contributed by atoms with Crippen LogP contribution < -0.4 is 5.73 Å². The summed E-state index contributed by atoms with van der Waals surface area (Å²) in [6, 6.07) is 6.15. The number of benzene rings is 1. The van der Waals surface area contributed by atoms with Gasteiger partial charge in [-0.05, 0) is 18.2 Å². The third-order valence-corrected chi connectivity index (χ3v) is 2.09. The van der Waals surface area contributed by atoms with Crippen molar-refractivity contribution >= 4 is 11.7 Å². The summed E-state index contributed by atoms with van der Waals surface area (Å²) in [4.78, 5) is 14.7. The number of nitrogen functional groups attached to an aromatic ring is 1. The van der Waals surface area contributed by atoms with Crippen LogP contribution in [0.5, 0.6) is 0 Å². The Bertz CT molecular complexity index is 626. The molecule has 84 valence electrons. The predicted molar refractivity (Wildman–Crippen MR) is 57.4 cm³/mol. The summed E-state index contributed by atoms with van der Waals surface area (Å²) in [5.74, 6) is -1.15. The van der Waals surface area contributed by atoms with Gasteiger partial charge in [-0.25, -0.2) is 14.5 Å². The monoisotopic (exact) mass is 229 g/mol. The summed E-state index contributed by atoms with van der Waals surface area (Å²) in [5, 5.41) is 21.4. The van der Waals surface area contributed by atoms with Crippen molar-refractivity contribution in [2.45, 2.75) is 0 Å². The minimum absolute atomic E-state index is 0.000565. The Morgan fingerprint density at radius 1 is 1.53 bits per heavy atom. The largest absolute Gasteiger partial charge is 0.478 e. The van der Waals surface area contributed by atoms with Crippen molar-refractivity contribution in [3.63, 3.8) is 0 Å². The Morgan fingerprint density at radius 3 is 2.88 bits per heavy atom. The number of nitrogens with two attached hydrogens (primary N) is 1. The molecule has 0 fully saturated rings. The Hall–Kier alpha value is -2.88. The Labute approximate surface area is 95.7 Å². The number of aromatic nitrogens is 3. The molecule has 0 amide bonds. The fraction of sp³-hybridized carbons (Fsp3) is 0. The van der Waals surface area contributed by atoms with Crippen LogP contribution in [0.15, 0.2) is 24.5 Å². The van der Waals surface area contributed by atoms with Crippen molar-refractivity contribution in [3.8, 4) is 11.8 Å². The molecule has 1 aromatic carbocycles. The highest BCUT2D eigenvalue weighted by molar-refractivity contribution is 5.93. The average Bonchev–Trinajstić information content (AvgIpc) is 2.77. The number of carboxylic acid groups (broad SMARTS) is 1. The molecule has 0 aliphatic rings. The second-order valence-corrected chi connectivity index (χ2v) is 3.21. The Balaban J connectivity index is 2.59. The highest BCUT2D eigenvalue weighted by Gasteiger charge is 2.13. The molecule has 1 aromatic heterocycles. The van der Waals surface area contributed by atoms with Crippen LogP contribution in [0.4, 0.5) is 5.69 Å². The molecule has 17 heavy (non-hydrogen) atoms. The highest BCUT2D eigenvalue weighted by atomic mass is 16.4. The lowest BCUT2D eigenvalue weighted by molar-refractivity contribution is 0.0697. The molecule has 0 saturated carbocycles. The molecule has 1 heterocycles. The van der Waals surface area contributed by atoms with E-state index in [4.69, 9.17) is 16.1 Å². The minimum atomic E-state index is -1.12. The molecule has 0 bridgehead atoms. The Kier molecular flexibility index (Phi) is 2.46. The number of aromatic carboxylic acids is 1. The van der Waals surface area contributed by atoms with Gasteiger partial charge in [0.15, 0.2) is 0 Å². The number of hydrogen-bond acceptors (Lipinski definition) is 5. The second-order valence-electron chi connectivity index (χ2n) is 3.21. The quantitative estimate of drug-likeness (QED) is 0.720. The van der Waals surface area contributed by atoms with Crippen molar-refractivity contribution in [1.82, 2.24) is 14.8 Å². The first-order valence-electron chi connectivity index (χ1n) is 4.57. The van der Waals surface area contributed by atoms with Crippen LogP contribution in [0.1, 0.15) is 16.2 Å². The van der Waals surface area contributed by atoms with Gasteiger partial charge < -0.3 is 10.8 Å². The van der Waals surface area contributed by atoms with Gasteiger partial charge in [0.25, 0.3) is 5.82 Å². The molecule has 0 saturated heterocycles. The number of carbonyl (C=O) groups is 1. The number of carboxylic acids is 1. The molecule has 3 N–H and O–H groups in total. The van der Waals surface area contributed by atoms with E-state index in [1.54, 1.807) is 12.1 Å². The van der Waals surface area contributed by atoms with Crippen molar-refractivity contribution in [2.75, 3.05) is 5.73 Å². The third kappa shape index (κ3) is 1.91. The van der Waals surface area contributed by atoms with Gasteiger partial charge in [-0.2, -0.15) is 5.26 Å². The van der Waals surface area contributed by atoms with Gasteiger partial charge in [0.1, 0.15) is 12.4 Å². The fourth-order valence-corrected chi connectivity index (χ4v) is 1.36. The van der Waals surface area contributed by atoms with Gasteiger partial charge in [-0.3, -0.25) is 0 Å². The SMILES string of the molecule is N#Cc1ncn(-c2ccc(N)cc2C(=O)O)n1. The van der Waals surface area contributed by atoms with E-state index >= 15 is 0 Å². The second kappa shape index (κ2) is 3.94. The van der Waals surface area contributed by atoms with Crippen LogP contribution in [0.25, 0.3) is 5.69 Å². The van der Waals surface area contributed by atoms with Crippen LogP contribution in [0.3, 0.4) is 0 Å². The number of hydrogen-bond donors (Lipinski definition) is 2. The van der Waals surface area contributed by atoms with Gasteiger partial charge >= 0.3 is 5.97 Å². The zero-order chi connectivity index (χ0) is 12.4. The maximum atomic E-state index is 11.0. The lowest BCUT2D eigenvalue weighted by Gasteiger charge is -2.05. The zero-order valence-corrected chi connectivity index (χ0v) is 8.53. The molecule has 2 aromatic rings. The Morgan fingerprint density at radius 2 is 2.29 bits per heavy atom. The number of nitrogens with zero attached hydrogens (tertiary/aromatic N) is 4. The van der Waals surface area contributed by atoms with E-state index in [9.17, 15) is 4.79 Å². The van der Waals surface area contributed by atoms with E-state index in [1.807, 2.05) is 0 Å². The molecule has 7 heteroatoms. The van der Waals surface area contributed by atoms with E-state index in [-0.39, 0.29) is 11.4 Å². The topological polar surface area (TPSA) is 118 Å². The fourth-order valence-electron chi connectivity index (χ4n) is 1.36. The van der Waals surface area contributed by atoms with E-state index < -0.39 is 5.97 Å². The summed E-state index contributed by atoms with van der Waals surface area (Å²) in [5.41, 5.74) is 6.16.